The Hall–Kier alpha value is -2.10. The van der Waals surface area contributed by atoms with E-state index < -0.39 is 0 Å². The normalized spacial score (nSPS) is 10.9. The molecule has 0 saturated heterocycles. The van der Waals surface area contributed by atoms with Crippen LogP contribution in [0.15, 0.2) is 24.3 Å². The van der Waals surface area contributed by atoms with Crippen LogP contribution >= 0.6 is 0 Å². The third kappa shape index (κ3) is 2.59. The molecule has 0 radical (unpaired) electrons. The molecule has 1 heterocycles. The summed E-state index contributed by atoms with van der Waals surface area (Å²) < 4.78 is 0. The number of benzene rings is 1. The molecule has 0 aliphatic carbocycles. The highest BCUT2D eigenvalue weighted by molar-refractivity contribution is 5.68. The zero-order chi connectivity index (χ0) is 14.9. The standard InChI is InChI=1S/C16H22N4/c1-10(2)15-18-14(17)12(4)16(19-15)20(5)13-9-7-6-8-11(13)3/h6-10H,1-5H3,(H2,17,18,19). The first kappa shape index (κ1) is 14.3. The van der Waals surface area contributed by atoms with E-state index >= 15 is 0 Å². The molecule has 0 unspecified atom stereocenters. The van der Waals surface area contributed by atoms with Crippen LogP contribution < -0.4 is 10.6 Å². The van der Waals surface area contributed by atoms with E-state index in [1.807, 2.05) is 26.1 Å². The number of nitrogens with two attached hydrogens (primary N) is 1. The van der Waals surface area contributed by atoms with Crippen molar-refractivity contribution in [2.24, 2.45) is 0 Å². The van der Waals surface area contributed by atoms with Gasteiger partial charge in [-0.25, -0.2) is 9.97 Å². The zero-order valence-corrected chi connectivity index (χ0v) is 12.8. The molecule has 1 aromatic heterocycles. The molecule has 0 fully saturated rings. The van der Waals surface area contributed by atoms with Gasteiger partial charge in [0.15, 0.2) is 0 Å². The van der Waals surface area contributed by atoms with E-state index in [2.05, 4.69) is 47.8 Å². The molecule has 2 rings (SSSR count). The van der Waals surface area contributed by atoms with Crippen LogP contribution in [0.1, 0.15) is 36.7 Å². The molecule has 4 nitrogen and oxygen atoms in total. The molecular weight excluding hydrogens is 248 g/mol. The van der Waals surface area contributed by atoms with Crippen molar-refractivity contribution in [1.82, 2.24) is 9.97 Å². The Morgan fingerprint density at radius 2 is 1.75 bits per heavy atom. The van der Waals surface area contributed by atoms with Gasteiger partial charge in [-0.1, -0.05) is 32.0 Å². The number of aryl methyl sites for hydroxylation is 1. The average Bonchev–Trinajstić information content (AvgIpc) is 2.41. The number of aromatic nitrogens is 2. The van der Waals surface area contributed by atoms with Crippen molar-refractivity contribution in [2.45, 2.75) is 33.6 Å². The fourth-order valence-corrected chi connectivity index (χ4v) is 2.18. The zero-order valence-electron chi connectivity index (χ0n) is 12.8. The van der Waals surface area contributed by atoms with Crippen LogP contribution in [0, 0.1) is 13.8 Å². The summed E-state index contributed by atoms with van der Waals surface area (Å²) in [5.41, 5.74) is 9.29. The fourth-order valence-electron chi connectivity index (χ4n) is 2.18. The minimum absolute atomic E-state index is 0.252. The Balaban J connectivity index is 2.54. The molecule has 4 heteroatoms. The Morgan fingerprint density at radius 1 is 1.10 bits per heavy atom. The predicted molar refractivity (Wildman–Crippen MR) is 84.5 cm³/mol. The second-order valence-electron chi connectivity index (χ2n) is 5.42. The van der Waals surface area contributed by atoms with Gasteiger partial charge in [-0.05, 0) is 25.5 Å². The van der Waals surface area contributed by atoms with Crippen LogP contribution in [0.5, 0.6) is 0 Å². The van der Waals surface area contributed by atoms with Gasteiger partial charge in [0.1, 0.15) is 17.5 Å². The fraction of sp³-hybridized carbons (Fsp3) is 0.375. The maximum atomic E-state index is 6.04. The molecule has 2 N–H and O–H groups in total. The molecule has 106 valence electrons. The van der Waals surface area contributed by atoms with Crippen molar-refractivity contribution in [1.29, 1.82) is 0 Å². The molecule has 0 bridgehead atoms. The summed E-state index contributed by atoms with van der Waals surface area (Å²) in [4.78, 5) is 11.1. The van der Waals surface area contributed by atoms with Crippen LogP contribution in [0.2, 0.25) is 0 Å². The largest absolute Gasteiger partial charge is 0.383 e. The van der Waals surface area contributed by atoms with Crippen molar-refractivity contribution >= 4 is 17.3 Å². The lowest BCUT2D eigenvalue weighted by molar-refractivity contribution is 0.772. The molecule has 0 amide bonds. The molecule has 0 atom stereocenters. The first-order chi connectivity index (χ1) is 9.41. The quantitative estimate of drug-likeness (QED) is 0.926. The van der Waals surface area contributed by atoms with Crippen molar-refractivity contribution in [3.63, 3.8) is 0 Å². The molecule has 20 heavy (non-hydrogen) atoms. The Labute approximate surface area is 120 Å². The second-order valence-corrected chi connectivity index (χ2v) is 5.42. The minimum atomic E-state index is 0.252. The van der Waals surface area contributed by atoms with Gasteiger partial charge < -0.3 is 10.6 Å². The highest BCUT2D eigenvalue weighted by atomic mass is 15.2. The third-order valence-corrected chi connectivity index (χ3v) is 3.49. The smallest absolute Gasteiger partial charge is 0.141 e. The number of hydrogen-bond acceptors (Lipinski definition) is 4. The lowest BCUT2D eigenvalue weighted by atomic mass is 10.1. The van der Waals surface area contributed by atoms with Crippen molar-refractivity contribution < 1.29 is 0 Å². The summed E-state index contributed by atoms with van der Waals surface area (Å²) in [6.45, 7) is 8.20. The van der Waals surface area contributed by atoms with E-state index in [9.17, 15) is 0 Å². The lowest BCUT2D eigenvalue weighted by Crippen LogP contribution is -2.17. The number of anilines is 3. The third-order valence-electron chi connectivity index (χ3n) is 3.49. The van der Waals surface area contributed by atoms with E-state index in [4.69, 9.17) is 5.73 Å². The number of rotatable bonds is 3. The number of para-hydroxylation sites is 1. The van der Waals surface area contributed by atoms with Gasteiger partial charge in [0, 0.05) is 24.2 Å². The van der Waals surface area contributed by atoms with Gasteiger partial charge in [0.2, 0.25) is 0 Å². The number of nitrogen functional groups attached to an aromatic ring is 1. The maximum Gasteiger partial charge on any atom is 0.141 e. The van der Waals surface area contributed by atoms with Gasteiger partial charge in [-0.15, -0.1) is 0 Å². The van der Waals surface area contributed by atoms with Crippen molar-refractivity contribution in [3.05, 3.63) is 41.2 Å². The summed E-state index contributed by atoms with van der Waals surface area (Å²) in [6.07, 6.45) is 0. The molecule has 0 aliphatic heterocycles. The van der Waals surface area contributed by atoms with E-state index in [1.54, 1.807) is 0 Å². The summed E-state index contributed by atoms with van der Waals surface area (Å²) in [5, 5.41) is 0. The first-order valence-corrected chi connectivity index (χ1v) is 6.85. The topological polar surface area (TPSA) is 55.0 Å². The van der Waals surface area contributed by atoms with Crippen LogP contribution in [0.25, 0.3) is 0 Å². The Morgan fingerprint density at radius 3 is 2.35 bits per heavy atom. The van der Waals surface area contributed by atoms with E-state index in [-0.39, 0.29) is 5.92 Å². The summed E-state index contributed by atoms with van der Waals surface area (Å²) in [7, 11) is 2.02. The molecule has 2 aromatic rings. The average molecular weight is 270 g/mol. The predicted octanol–water partition coefficient (Wildman–Crippen LogP) is 3.57. The monoisotopic (exact) mass is 270 g/mol. The summed E-state index contributed by atoms with van der Waals surface area (Å²) >= 11 is 0. The van der Waals surface area contributed by atoms with Gasteiger partial charge in [-0.2, -0.15) is 0 Å². The molecular formula is C16H22N4. The van der Waals surface area contributed by atoms with E-state index in [1.165, 1.54) is 5.56 Å². The SMILES string of the molecule is Cc1ccccc1N(C)c1nc(C(C)C)nc(N)c1C. The van der Waals surface area contributed by atoms with Crippen LogP contribution in [0.3, 0.4) is 0 Å². The highest BCUT2D eigenvalue weighted by Gasteiger charge is 2.16. The Bertz CT molecular complexity index is 620. The van der Waals surface area contributed by atoms with E-state index in [0.717, 1.165) is 22.9 Å². The summed E-state index contributed by atoms with van der Waals surface area (Å²) in [6, 6.07) is 8.24. The van der Waals surface area contributed by atoms with Gasteiger partial charge >= 0.3 is 0 Å². The second kappa shape index (κ2) is 5.49. The minimum Gasteiger partial charge on any atom is -0.383 e. The lowest BCUT2D eigenvalue weighted by Gasteiger charge is -2.23. The van der Waals surface area contributed by atoms with Gasteiger partial charge in [-0.3, -0.25) is 0 Å². The number of nitrogens with zero attached hydrogens (tertiary/aromatic N) is 3. The maximum absolute atomic E-state index is 6.04. The highest BCUT2D eigenvalue weighted by Crippen LogP contribution is 2.30. The Kier molecular flexibility index (Phi) is 3.93. The molecule has 0 saturated carbocycles. The van der Waals surface area contributed by atoms with Crippen molar-refractivity contribution in [2.75, 3.05) is 17.7 Å². The molecule has 0 spiro atoms. The first-order valence-electron chi connectivity index (χ1n) is 6.85. The van der Waals surface area contributed by atoms with Crippen LogP contribution in [0.4, 0.5) is 17.3 Å². The van der Waals surface area contributed by atoms with E-state index in [0.29, 0.717) is 5.82 Å². The number of hydrogen-bond donors (Lipinski definition) is 1. The van der Waals surface area contributed by atoms with Crippen LogP contribution in [-0.2, 0) is 0 Å². The summed E-state index contributed by atoms with van der Waals surface area (Å²) in [5.74, 6) is 2.46. The van der Waals surface area contributed by atoms with Gasteiger partial charge in [0.25, 0.3) is 0 Å². The molecule has 1 aromatic carbocycles. The van der Waals surface area contributed by atoms with Crippen LogP contribution in [-0.4, -0.2) is 17.0 Å². The molecule has 0 aliphatic rings. The van der Waals surface area contributed by atoms with Crippen molar-refractivity contribution in [3.8, 4) is 0 Å². The van der Waals surface area contributed by atoms with Gasteiger partial charge in [0.05, 0.1) is 0 Å².